The van der Waals surface area contributed by atoms with Crippen LogP contribution in [0.25, 0.3) is 0 Å². The largest absolute Gasteiger partial charge is 0.493 e. The number of halogens is 1. The molecule has 16 heavy (non-hydrogen) atoms. The summed E-state index contributed by atoms with van der Waals surface area (Å²) < 4.78 is 11.9. The van der Waals surface area contributed by atoms with Crippen LogP contribution in [-0.4, -0.2) is 13.2 Å². The van der Waals surface area contributed by atoms with Gasteiger partial charge in [-0.1, -0.05) is 15.9 Å². The number of hydrogen-bond donors (Lipinski definition) is 1. The van der Waals surface area contributed by atoms with Gasteiger partial charge in [-0.3, -0.25) is 0 Å². The molecule has 90 valence electrons. The Morgan fingerprint density at radius 1 is 1.19 bits per heavy atom. The number of ether oxygens (including phenoxy) is 2. The van der Waals surface area contributed by atoms with Gasteiger partial charge in [-0.25, -0.2) is 0 Å². The second-order valence-electron chi connectivity index (χ2n) is 3.98. The van der Waals surface area contributed by atoms with Gasteiger partial charge in [-0.15, -0.1) is 0 Å². The molecule has 4 heteroatoms. The van der Waals surface area contributed by atoms with Gasteiger partial charge in [-0.2, -0.15) is 0 Å². The maximum atomic E-state index is 5.86. The van der Waals surface area contributed by atoms with Crippen molar-refractivity contribution in [2.24, 2.45) is 5.73 Å². The number of rotatable bonds is 4. The minimum absolute atomic E-state index is 0.0450. The first-order chi connectivity index (χ1) is 7.45. The van der Waals surface area contributed by atoms with Gasteiger partial charge in [0.2, 0.25) is 0 Å². The average Bonchev–Trinajstić information content (AvgIpc) is 2.16. The summed E-state index contributed by atoms with van der Waals surface area (Å²) >= 11 is 3.49. The summed E-state index contributed by atoms with van der Waals surface area (Å²) in [6.45, 7) is 5.89. The molecule has 1 atom stereocenters. The van der Waals surface area contributed by atoms with Gasteiger partial charge >= 0.3 is 0 Å². The first-order valence-electron chi connectivity index (χ1n) is 5.25. The quantitative estimate of drug-likeness (QED) is 0.924. The van der Waals surface area contributed by atoms with Crippen LogP contribution in [0, 0.1) is 0 Å². The SMILES string of the molecule is COc1cc(C(C)N)c(Br)cc1OC(C)C. The topological polar surface area (TPSA) is 44.5 Å². The van der Waals surface area contributed by atoms with Crippen molar-refractivity contribution in [3.63, 3.8) is 0 Å². The van der Waals surface area contributed by atoms with Gasteiger partial charge in [0, 0.05) is 10.5 Å². The molecule has 0 fully saturated rings. The van der Waals surface area contributed by atoms with Gasteiger partial charge in [0.25, 0.3) is 0 Å². The summed E-state index contributed by atoms with van der Waals surface area (Å²) in [5.41, 5.74) is 6.87. The fraction of sp³-hybridized carbons (Fsp3) is 0.500. The van der Waals surface area contributed by atoms with Gasteiger partial charge in [0.1, 0.15) is 0 Å². The molecule has 0 aliphatic heterocycles. The molecule has 2 N–H and O–H groups in total. The lowest BCUT2D eigenvalue weighted by Crippen LogP contribution is -2.09. The van der Waals surface area contributed by atoms with E-state index >= 15 is 0 Å². The van der Waals surface area contributed by atoms with E-state index in [0.29, 0.717) is 5.75 Å². The Balaban J connectivity index is 3.15. The van der Waals surface area contributed by atoms with Crippen molar-refractivity contribution in [1.29, 1.82) is 0 Å². The van der Waals surface area contributed by atoms with Crippen molar-refractivity contribution in [2.75, 3.05) is 7.11 Å². The fourth-order valence-electron chi connectivity index (χ4n) is 1.41. The van der Waals surface area contributed by atoms with Crippen LogP contribution in [0.1, 0.15) is 32.4 Å². The Labute approximate surface area is 105 Å². The summed E-state index contributed by atoms with van der Waals surface area (Å²) in [6.07, 6.45) is 0.113. The molecule has 1 aromatic rings. The van der Waals surface area contributed by atoms with Crippen LogP contribution in [-0.2, 0) is 0 Å². The number of nitrogens with two attached hydrogens (primary N) is 1. The Kier molecular flexibility index (Phi) is 4.62. The van der Waals surface area contributed by atoms with Crippen molar-refractivity contribution < 1.29 is 9.47 Å². The monoisotopic (exact) mass is 287 g/mol. The van der Waals surface area contributed by atoms with E-state index in [2.05, 4.69) is 15.9 Å². The molecule has 3 nitrogen and oxygen atoms in total. The third kappa shape index (κ3) is 3.12. The Morgan fingerprint density at radius 3 is 2.25 bits per heavy atom. The Morgan fingerprint density at radius 2 is 1.81 bits per heavy atom. The standard InChI is InChI=1S/C12H18BrNO2/c1-7(2)16-12-6-10(13)9(8(3)14)5-11(12)15-4/h5-8H,14H2,1-4H3. The van der Waals surface area contributed by atoms with E-state index < -0.39 is 0 Å². The van der Waals surface area contributed by atoms with E-state index in [1.54, 1.807) is 7.11 Å². The molecule has 0 saturated heterocycles. The predicted molar refractivity (Wildman–Crippen MR) is 69.1 cm³/mol. The second-order valence-corrected chi connectivity index (χ2v) is 4.83. The molecular formula is C12H18BrNO2. The minimum atomic E-state index is -0.0450. The number of benzene rings is 1. The van der Waals surface area contributed by atoms with Crippen molar-refractivity contribution in [3.05, 3.63) is 22.2 Å². The first kappa shape index (κ1) is 13.3. The lowest BCUT2D eigenvalue weighted by Gasteiger charge is -2.17. The molecule has 0 aliphatic carbocycles. The van der Waals surface area contributed by atoms with Gasteiger partial charge in [0.15, 0.2) is 11.5 Å². The smallest absolute Gasteiger partial charge is 0.162 e. The number of methoxy groups -OCH3 is 1. The zero-order valence-corrected chi connectivity index (χ0v) is 11.7. The molecule has 1 unspecified atom stereocenters. The summed E-state index contributed by atoms with van der Waals surface area (Å²) in [4.78, 5) is 0. The Bertz CT molecular complexity index is 364. The van der Waals surface area contributed by atoms with Crippen LogP contribution >= 0.6 is 15.9 Å². The number of hydrogen-bond acceptors (Lipinski definition) is 3. The van der Waals surface area contributed by atoms with Crippen LogP contribution in [0.15, 0.2) is 16.6 Å². The molecule has 0 bridgehead atoms. The lowest BCUT2D eigenvalue weighted by molar-refractivity contribution is 0.230. The van der Waals surface area contributed by atoms with Crippen LogP contribution in [0.2, 0.25) is 0 Å². The van der Waals surface area contributed by atoms with E-state index in [4.69, 9.17) is 15.2 Å². The fourth-order valence-corrected chi connectivity index (χ4v) is 2.09. The van der Waals surface area contributed by atoms with Crippen LogP contribution in [0.5, 0.6) is 11.5 Å². The van der Waals surface area contributed by atoms with Gasteiger partial charge < -0.3 is 15.2 Å². The lowest BCUT2D eigenvalue weighted by atomic mass is 10.1. The molecule has 0 aliphatic rings. The normalized spacial score (nSPS) is 12.7. The summed E-state index contributed by atoms with van der Waals surface area (Å²) in [5.74, 6) is 1.44. The van der Waals surface area contributed by atoms with Crippen molar-refractivity contribution >= 4 is 15.9 Å². The summed E-state index contributed by atoms with van der Waals surface area (Å²) in [6, 6.07) is 3.76. The highest BCUT2D eigenvalue weighted by molar-refractivity contribution is 9.10. The summed E-state index contributed by atoms with van der Waals surface area (Å²) in [5, 5.41) is 0. The van der Waals surface area contributed by atoms with E-state index in [1.165, 1.54) is 0 Å². The molecule has 1 aromatic carbocycles. The first-order valence-corrected chi connectivity index (χ1v) is 6.04. The van der Waals surface area contributed by atoms with E-state index in [0.717, 1.165) is 15.8 Å². The highest BCUT2D eigenvalue weighted by Crippen LogP contribution is 2.36. The molecule has 1 rings (SSSR count). The zero-order valence-electron chi connectivity index (χ0n) is 10.1. The predicted octanol–water partition coefficient (Wildman–Crippen LogP) is 3.26. The molecule has 0 saturated carbocycles. The van der Waals surface area contributed by atoms with E-state index in [1.807, 2.05) is 32.9 Å². The van der Waals surface area contributed by atoms with Crippen molar-refractivity contribution in [1.82, 2.24) is 0 Å². The van der Waals surface area contributed by atoms with Crippen LogP contribution in [0.3, 0.4) is 0 Å². The minimum Gasteiger partial charge on any atom is -0.493 e. The van der Waals surface area contributed by atoms with Crippen molar-refractivity contribution in [2.45, 2.75) is 32.9 Å². The highest BCUT2D eigenvalue weighted by Gasteiger charge is 2.13. The highest BCUT2D eigenvalue weighted by atomic mass is 79.9. The van der Waals surface area contributed by atoms with Crippen molar-refractivity contribution in [3.8, 4) is 11.5 Å². The molecule has 0 radical (unpaired) electrons. The van der Waals surface area contributed by atoms with E-state index in [-0.39, 0.29) is 12.1 Å². The van der Waals surface area contributed by atoms with E-state index in [9.17, 15) is 0 Å². The molecule has 0 spiro atoms. The van der Waals surface area contributed by atoms with Crippen LogP contribution < -0.4 is 15.2 Å². The Hall–Kier alpha value is -0.740. The maximum absolute atomic E-state index is 5.86. The molecule has 0 amide bonds. The van der Waals surface area contributed by atoms with Gasteiger partial charge in [-0.05, 0) is 38.5 Å². The molecular weight excluding hydrogens is 270 g/mol. The third-order valence-corrected chi connectivity index (χ3v) is 2.82. The molecule has 0 aromatic heterocycles. The van der Waals surface area contributed by atoms with Gasteiger partial charge in [0.05, 0.1) is 13.2 Å². The average molecular weight is 288 g/mol. The molecule has 0 heterocycles. The summed E-state index contributed by atoms with van der Waals surface area (Å²) in [7, 11) is 1.63. The maximum Gasteiger partial charge on any atom is 0.162 e. The zero-order chi connectivity index (χ0) is 12.3. The second kappa shape index (κ2) is 5.55. The third-order valence-electron chi connectivity index (χ3n) is 2.14. The van der Waals surface area contributed by atoms with Crippen LogP contribution in [0.4, 0.5) is 0 Å².